The molecule has 0 saturated carbocycles. The molecular formula is C34H20. The second kappa shape index (κ2) is 6.56. The van der Waals surface area contributed by atoms with Gasteiger partial charge in [0.1, 0.15) is 0 Å². The Morgan fingerprint density at radius 3 is 1.35 bits per heavy atom. The van der Waals surface area contributed by atoms with Crippen molar-refractivity contribution >= 4 is 75.4 Å². The Bertz CT molecular complexity index is 2110. The number of fused-ring (bicyclic) bond motifs is 11. The van der Waals surface area contributed by atoms with Crippen molar-refractivity contribution in [1.29, 1.82) is 0 Å². The maximum atomic E-state index is 2.43. The second-order valence-electron chi connectivity index (χ2n) is 9.39. The van der Waals surface area contributed by atoms with Crippen LogP contribution in [0, 0.1) is 0 Å². The van der Waals surface area contributed by atoms with Gasteiger partial charge in [-0.3, -0.25) is 0 Å². The molecule has 8 aromatic carbocycles. The fraction of sp³-hybridized carbons (Fsp3) is 0. The lowest BCUT2D eigenvalue weighted by Crippen LogP contribution is -1.86. The number of hydrogen-bond donors (Lipinski definition) is 0. The Labute approximate surface area is 196 Å². The Morgan fingerprint density at radius 2 is 0.676 bits per heavy atom. The highest BCUT2D eigenvalue weighted by molar-refractivity contribution is 6.30. The summed E-state index contributed by atoms with van der Waals surface area (Å²) in [5.74, 6) is 0. The topological polar surface area (TPSA) is 0 Å². The van der Waals surface area contributed by atoms with Crippen LogP contribution in [0.4, 0.5) is 0 Å². The van der Waals surface area contributed by atoms with Gasteiger partial charge in [0, 0.05) is 0 Å². The van der Waals surface area contributed by atoms with Crippen LogP contribution in [0.3, 0.4) is 0 Å². The lowest BCUT2D eigenvalue weighted by Gasteiger charge is -2.13. The summed E-state index contributed by atoms with van der Waals surface area (Å²) in [4.78, 5) is 0. The molecule has 0 atom stereocenters. The predicted octanol–water partition coefficient (Wildman–Crippen LogP) is 9.76. The SMILES string of the molecule is c1ccc2cc3c(ccc4ccc5ccc6cc7ccc8ccccc8c7cc6c5c43)cc2c1. The summed E-state index contributed by atoms with van der Waals surface area (Å²) in [6.07, 6.45) is 0. The van der Waals surface area contributed by atoms with E-state index in [0.29, 0.717) is 0 Å². The zero-order chi connectivity index (χ0) is 22.2. The zero-order valence-corrected chi connectivity index (χ0v) is 18.5. The minimum absolute atomic E-state index is 1.29. The quantitative estimate of drug-likeness (QED) is 0.166. The normalized spacial score (nSPS) is 12.1. The van der Waals surface area contributed by atoms with Gasteiger partial charge in [-0.15, -0.1) is 0 Å². The van der Waals surface area contributed by atoms with Crippen LogP contribution in [-0.2, 0) is 0 Å². The van der Waals surface area contributed by atoms with Crippen LogP contribution in [-0.4, -0.2) is 0 Å². The average Bonchev–Trinajstić information content (AvgIpc) is 2.90. The van der Waals surface area contributed by atoms with E-state index < -0.39 is 0 Å². The molecule has 0 heterocycles. The van der Waals surface area contributed by atoms with Crippen molar-refractivity contribution in [3.8, 4) is 0 Å². The van der Waals surface area contributed by atoms with Crippen LogP contribution in [0.1, 0.15) is 0 Å². The van der Waals surface area contributed by atoms with Gasteiger partial charge in [0.25, 0.3) is 0 Å². The summed E-state index contributed by atoms with van der Waals surface area (Å²) in [5, 5.41) is 18.3. The smallest absolute Gasteiger partial charge is 0.00203 e. The molecule has 0 bridgehead atoms. The van der Waals surface area contributed by atoms with E-state index in [1.54, 1.807) is 0 Å². The molecule has 0 N–H and O–H groups in total. The third-order valence-electron chi connectivity index (χ3n) is 7.53. The first-order valence-electron chi connectivity index (χ1n) is 11.9. The Balaban J connectivity index is 1.64. The molecule has 8 rings (SSSR count). The molecule has 0 spiro atoms. The molecule has 8 aromatic rings. The van der Waals surface area contributed by atoms with Gasteiger partial charge in [-0.05, 0) is 99.7 Å². The third kappa shape index (κ3) is 2.43. The molecule has 0 saturated heterocycles. The third-order valence-corrected chi connectivity index (χ3v) is 7.53. The number of rotatable bonds is 0. The minimum atomic E-state index is 1.29. The first-order chi connectivity index (χ1) is 16.8. The van der Waals surface area contributed by atoms with Gasteiger partial charge < -0.3 is 0 Å². The van der Waals surface area contributed by atoms with Crippen molar-refractivity contribution in [2.24, 2.45) is 0 Å². The number of benzene rings is 8. The highest BCUT2D eigenvalue weighted by atomic mass is 14.1. The summed E-state index contributed by atoms with van der Waals surface area (Å²) >= 11 is 0. The van der Waals surface area contributed by atoms with E-state index in [2.05, 4.69) is 121 Å². The van der Waals surface area contributed by atoms with E-state index in [1.165, 1.54) is 75.4 Å². The van der Waals surface area contributed by atoms with Gasteiger partial charge in [0.2, 0.25) is 0 Å². The second-order valence-corrected chi connectivity index (χ2v) is 9.39. The van der Waals surface area contributed by atoms with Gasteiger partial charge in [0.05, 0.1) is 0 Å². The van der Waals surface area contributed by atoms with E-state index in [-0.39, 0.29) is 0 Å². The summed E-state index contributed by atoms with van der Waals surface area (Å²) in [6.45, 7) is 0. The van der Waals surface area contributed by atoms with Crippen molar-refractivity contribution in [1.82, 2.24) is 0 Å². The van der Waals surface area contributed by atoms with Crippen molar-refractivity contribution in [2.75, 3.05) is 0 Å². The van der Waals surface area contributed by atoms with Crippen LogP contribution in [0.2, 0.25) is 0 Å². The number of hydrogen-bond acceptors (Lipinski definition) is 0. The highest BCUT2D eigenvalue weighted by Crippen LogP contribution is 2.39. The molecule has 0 amide bonds. The Morgan fingerprint density at radius 1 is 0.235 bits per heavy atom. The molecule has 156 valence electrons. The van der Waals surface area contributed by atoms with Crippen molar-refractivity contribution < 1.29 is 0 Å². The maximum Gasteiger partial charge on any atom is -0.00203 e. The van der Waals surface area contributed by atoms with Crippen LogP contribution in [0.15, 0.2) is 121 Å². The fourth-order valence-corrected chi connectivity index (χ4v) is 5.89. The Kier molecular flexibility index (Phi) is 3.48. The van der Waals surface area contributed by atoms with Crippen molar-refractivity contribution in [2.45, 2.75) is 0 Å². The van der Waals surface area contributed by atoms with E-state index in [1.807, 2.05) is 0 Å². The van der Waals surface area contributed by atoms with E-state index in [4.69, 9.17) is 0 Å². The van der Waals surface area contributed by atoms with Gasteiger partial charge in [-0.25, -0.2) is 0 Å². The zero-order valence-electron chi connectivity index (χ0n) is 18.5. The molecule has 0 heteroatoms. The summed E-state index contributed by atoms with van der Waals surface area (Å²) in [6, 6.07) is 45.0. The van der Waals surface area contributed by atoms with Crippen molar-refractivity contribution in [3.05, 3.63) is 121 Å². The van der Waals surface area contributed by atoms with Crippen LogP contribution < -0.4 is 0 Å². The fourth-order valence-electron chi connectivity index (χ4n) is 5.89. The van der Waals surface area contributed by atoms with Gasteiger partial charge in [-0.2, -0.15) is 0 Å². The summed E-state index contributed by atoms with van der Waals surface area (Å²) in [5.41, 5.74) is 0. The van der Waals surface area contributed by atoms with Crippen LogP contribution in [0.25, 0.3) is 75.4 Å². The lowest BCUT2D eigenvalue weighted by molar-refractivity contribution is 1.78. The first kappa shape index (κ1) is 18.1. The average molecular weight is 429 g/mol. The molecule has 0 radical (unpaired) electrons. The summed E-state index contributed by atoms with van der Waals surface area (Å²) in [7, 11) is 0. The van der Waals surface area contributed by atoms with E-state index >= 15 is 0 Å². The van der Waals surface area contributed by atoms with Crippen molar-refractivity contribution in [3.63, 3.8) is 0 Å². The molecule has 0 nitrogen and oxygen atoms in total. The highest BCUT2D eigenvalue weighted by Gasteiger charge is 2.11. The molecule has 0 unspecified atom stereocenters. The van der Waals surface area contributed by atoms with Crippen LogP contribution in [0.5, 0.6) is 0 Å². The van der Waals surface area contributed by atoms with Crippen LogP contribution >= 0.6 is 0 Å². The predicted molar refractivity (Wildman–Crippen MR) is 149 cm³/mol. The maximum absolute atomic E-state index is 2.43. The molecule has 0 aliphatic rings. The largest absolute Gasteiger partial charge is 0.0616 e. The first-order valence-corrected chi connectivity index (χ1v) is 11.9. The summed E-state index contributed by atoms with van der Waals surface area (Å²) < 4.78 is 0. The van der Waals surface area contributed by atoms with Gasteiger partial charge in [0.15, 0.2) is 0 Å². The van der Waals surface area contributed by atoms with Gasteiger partial charge in [-0.1, -0.05) is 97.1 Å². The Hall–Kier alpha value is -4.42. The molecular weight excluding hydrogens is 408 g/mol. The molecule has 0 fully saturated rings. The monoisotopic (exact) mass is 428 g/mol. The molecule has 0 aliphatic carbocycles. The van der Waals surface area contributed by atoms with E-state index in [9.17, 15) is 0 Å². The standard InChI is InChI=1S/C34H20/c1-2-7-25-19-31-27(17-24(25)6-1)15-12-22-10-11-23-13-16-28-18-26-14-9-21-5-3-4-8-29(21)30(26)20-32(28)34(23)33(22)31/h1-20H. The molecule has 0 aliphatic heterocycles. The minimum Gasteiger partial charge on any atom is -0.0616 e. The molecule has 0 aromatic heterocycles. The van der Waals surface area contributed by atoms with E-state index in [0.717, 1.165) is 0 Å². The molecule has 34 heavy (non-hydrogen) atoms. The van der Waals surface area contributed by atoms with Gasteiger partial charge >= 0.3 is 0 Å². The lowest BCUT2D eigenvalue weighted by atomic mass is 9.90.